The molecular weight excluding hydrogens is 234 g/mol. The molecule has 17 heavy (non-hydrogen) atoms. The van der Waals surface area contributed by atoms with Crippen molar-refractivity contribution >= 4 is 22.4 Å². The van der Waals surface area contributed by atoms with Gasteiger partial charge < -0.3 is 10.2 Å². The fraction of sp³-hybridized carbons (Fsp3) is 0.167. The van der Waals surface area contributed by atoms with Crippen LogP contribution in [0.1, 0.15) is 10.9 Å². The minimum Gasteiger partial charge on any atom is -0.441 e. The molecule has 2 aromatic heterocycles. The second kappa shape index (κ2) is 3.94. The van der Waals surface area contributed by atoms with Gasteiger partial charge in [0.15, 0.2) is 11.5 Å². The highest BCUT2D eigenvalue weighted by atomic mass is 32.1. The third-order valence-corrected chi connectivity index (χ3v) is 3.39. The first-order valence-corrected chi connectivity index (χ1v) is 6.16. The molecule has 0 aliphatic heterocycles. The molecule has 0 fully saturated rings. The number of thiazole rings is 1. The molecule has 0 atom stereocenters. The molecule has 86 valence electrons. The van der Waals surface area contributed by atoms with Gasteiger partial charge in [-0.25, -0.2) is 9.97 Å². The van der Waals surface area contributed by atoms with Gasteiger partial charge in [0.1, 0.15) is 10.5 Å². The van der Waals surface area contributed by atoms with Gasteiger partial charge in [-0.05, 0) is 18.2 Å². The van der Waals surface area contributed by atoms with Crippen LogP contribution >= 0.6 is 11.3 Å². The first kappa shape index (κ1) is 10.4. The van der Waals surface area contributed by atoms with Crippen LogP contribution in [0.3, 0.4) is 0 Å². The van der Waals surface area contributed by atoms with E-state index in [1.807, 2.05) is 30.5 Å². The van der Waals surface area contributed by atoms with E-state index in [0.717, 1.165) is 27.4 Å². The third kappa shape index (κ3) is 1.83. The Kier molecular flexibility index (Phi) is 2.42. The predicted octanol–water partition coefficient (Wildman–Crippen LogP) is 2.72. The number of oxazole rings is 1. The highest BCUT2D eigenvalue weighted by Gasteiger charge is 2.07. The normalized spacial score (nSPS) is 11.2. The first-order valence-electron chi connectivity index (χ1n) is 5.28. The maximum Gasteiger partial charge on any atom is 0.192 e. The van der Waals surface area contributed by atoms with Crippen molar-refractivity contribution in [1.82, 2.24) is 9.97 Å². The number of hydrogen-bond acceptors (Lipinski definition) is 5. The van der Waals surface area contributed by atoms with E-state index in [-0.39, 0.29) is 0 Å². The molecule has 0 bridgehead atoms. The Balaban J connectivity index is 2.10. The molecule has 2 N–H and O–H groups in total. The van der Waals surface area contributed by atoms with E-state index >= 15 is 0 Å². The number of aryl methyl sites for hydroxylation is 1. The van der Waals surface area contributed by atoms with Crippen molar-refractivity contribution in [3.8, 4) is 11.3 Å². The number of aromatic nitrogens is 2. The Bertz CT molecular complexity index is 671. The zero-order valence-corrected chi connectivity index (χ0v) is 10.1. The standard InChI is InChI=1S/C12H11N3OS/c1-7-14-9-4-8(2-3-11(9)16-7)10-6-17-12(5-13)15-10/h2-4,6H,5,13H2,1H3. The molecule has 0 radical (unpaired) electrons. The number of nitrogens with two attached hydrogens (primary N) is 1. The second-order valence-corrected chi connectivity index (χ2v) is 4.69. The topological polar surface area (TPSA) is 64.9 Å². The Hall–Kier alpha value is -1.72. The van der Waals surface area contributed by atoms with Gasteiger partial charge in [0.2, 0.25) is 0 Å². The van der Waals surface area contributed by atoms with E-state index in [1.165, 1.54) is 0 Å². The van der Waals surface area contributed by atoms with E-state index < -0.39 is 0 Å². The molecule has 0 unspecified atom stereocenters. The lowest BCUT2D eigenvalue weighted by Gasteiger charge is -1.95. The number of nitrogens with zero attached hydrogens (tertiary/aromatic N) is 2. The molecule has 0 saturated carbocycles. The number of benzene rings is 1. The fourth-order valence-electron chi connectivity index (χ4n) is 1.74. The summed E-state index contributed by atoms with van der Waals surface area (Å²) in [5, 5.41) is 2.95. The van der Waals surface area contributed by atoms with E-state index in [9.17, 15) is 0 Å². The van der Waals surface area contributed by atoms with Gasteiger partial charge >= 0.3 is 0 Å². The average Bonchev–Trinajstić information content (AvgIpc) is 2.92. The summed E-state index contributed by atoms with van der Waals surface area (Å²) in [5.41, 5.74) is 9.21. The molecule has 3 rings (SSSR count). The largest absolute Gasteiger partial charge is 0.441 e. The summed E-state index contributed by atoms with van der Waals surface area (Å²) in [7, 11) is 0. The maximum atomic E-state index is 5.56. The molecule has 0 aliphatic carbocycles. The van der Waals surface area contributed by atoms with Gasteiger partial charge in [0.25, 0.3) is 0 Å². The monoisotopic (exact) mass is 245 g/mol. The van der Waals surface area contributed by atoms with Crippen LogP contribution in [0.4, 0.5) is 0 Å². The highest BCUT2D eigenvalue weighted by Crippen LogP contribution is 2.25. The quantitative estimate of drug-likeness (QED) is 0.754. The minimum absolute atomic E-state index is 0.482. The van der Waals surface area contributed by atoms with Crippen molar-refractivity contribution in [2.45, 2.75) is 13.5 Å². The van der Waals surface area contributed by atoms with Crippen LogP contribution in [0.2, 0.25) is 0 Å². The molecule has 0 saturated heterocycles. The van der Waals surface area contributed by atoms with Crippen molar-refractivity contribution in [3.05, 3.63) is 34.5 Å². The summed E-state index contributed by atoms with van der Waals surface area (Å²) in [6.07, 6.45) is 0. The molecule has 0 aliphatic rings. The summed E-state index contributed by atoms with van der Waals surface area (Å²) < 4.78 is 5.44. The second-order valence-electron chi connectivity index (χ2n) is 3.75. The van der Waals surface area contributed by atoms with E-state index in [1.54, 1.807) is 11.3 Å². The molecular formula is C12H11N3OS. The SMILES string of the molecule is Cc1nc2cc(-c3csc(CN)n3)ccc2o1. The Morgan fingerprint density at radius 2 is 2.24 bits per heavy atom. The van der Waals surface area contributed by atoms with Gasteiger partial charge in [-0.15, -0.1) is 11.3 Å². The van der Waals surface area contributed by atoms with Crippen LogP contribution in [-0.2, 0) is 6.54 Å². The van der Waals surface area contributed by atoms with Crippen molar-refractivity contribution in [1.29, 1.82) is 0 Å². The van der Waals surface area contributed by atoms with Gasteiger partial charge in [0, 0.05) is 24.4 Å². The predicted molar refractivity (Wildman–Crippen MR) is 67.7 cm³/mol. The van der Waals surface area contributed by atoms with Crippen molar-refractivity contribution in [3.63, 3.8) is 0 Å². The number of hydrogen-bond donors (Lipinski definition) is 1. The molecule has 1 aromatic carbocycles. The van der Waals surface area contributed by atoms with Crippen LogP contribution in [0.25, 0.3) is 22.4 Å². The van der Waals surface area contributed by atoms with Crippen molar-refractivity contribution < 1.29 is 4.42 Å². The molecule has 3 aromatic rings. The molecule has 0 spiro atoms. The molecule has 5 heteroatoms. The summed E-state index contributed by atoms with van der Waals surface area (Å²) in [5.74, 6) is 0.679. The van der Waals surface area contributed by atoms with Crippen LogP contribution < -0.4 is 5.73 Å². The molecule has 0 amide bonds. The Morgan fingerprint density at radius 3 is 3.00 bits per heavy atom. The maximum absolute atomic E-state index is 5.56. The van der Waals surface area contributed by atoms with E-state index in [0.29, 0.717) is 12.4 Å². The smallest absolute Gasteiger partial charge is 0.192 e. The Labute approximate surface area is 102 Å². The van der Waals surface area contributed by atoms with Crippen LogP contribution in [0.5, 0.6) is 0 Å². The summed E-state index contributed by atoms with van der Waals surface area (Å²) in [6.45, 7) is 2.32. The zero-order chi connectivity index (χ0) is 11.8. The van der Waals surface area contributed by atoms with Crippen LogP contribution in [-0.4, -0.2) is 9.97 Å². The van der Waals surface area contributed by atoms with Gasteiger partial charge in [-0.1, -0.05) is 0 Å². The van der Waals surface area contributed by atoms with Gasteiger partial charge in [0.05, 0.1) is 5.69 Å². The molecule has 2 heterocycles. The van der Waals surface area contributed by atoms with E-state index in [2.05, 4.69) is 9.97 Å². The lowest BCUT2D eigenvalue weighted by molar-refractivity contribution is 0.561. The number of rotatable bonds is 2. The van der Waals surface area contributed by atoms with Crippen molar-refractivity contribution in [2.75, 3.05) is 0 Å². The van der Waals surface area contributed by atoms with Crippen LogP contribution in [0.15, 0.2) is 28.0 Å². The molecule has 4 nitrogen and oxygen atoms in total. The summed E-state index contributed by atoms with van der Waals surface area (Å²) >= 11 is 1.58. The van der Waals surface area contributed by atoms with Crippen molar-refractivity contribution in [2.24, 2.45) is 5.73 Å². The Morgan fingerprint density at radius 1 is 1.35 bits per heavy atom. The highest BCUT2D eigenvalue weighted by molar-refractivity contribution is 7.09. The average molecular weight is 245 g/mol. The van der Waals surface area contributed by atoms with E-state index in [4.69, 9.17) is 10.2 Å². The lowest BCUT2D eigenvalue weighted by Crippen LogP contribution is -1.94. The van der Waals surface area contributed by atoms with Gasteiger partial charge in [-0.2, -0.15) is 0 Å². The minimum atomic E-state index is 0.482. The van der Waals surface area contributed by atoms with Gasteiger partial charge in [-0.3, -0.25) is 0 Å². The van der Waals surface area contributed by atoms with Crippen LogP contribution in [0, 0.1) is 6.92 Å². The zero-order valence-electron chi connectivity index (χ0n) is 9.30. The summed E-state index contributed by atoms with van der Waals surface area (Å²) in [4.78, 5) is 8.76. The number of fused-ring (bicyclic) bond motifs is 1. The third-order valence-electron chi connectivity index (χ3n) is 2.52. The lowest BCUT2D eigenvalue weighted by atomic mass is 10.1. The fourth-order valence-corrected chi connectivity index (χ4v) is 2.42. The first-order chi connectivity index (χ1) is 8.26. The summed E-state index contributed by atoms with van der Waals surface area (Å²) in [6, 6.07) is 5.90.